The molecule has 1 aromatic carbocycles. The van der Waals surface area contributed by atoms with Gasteiger partial charge in [-0.2, -0.15) is 0 Å². The Morgan fingerprint density at radius 2 is 1.92 bits per heavy atom. The van der Waals surface area contributed by atoms with Crippen molar-refractivity contribution in [2.45, 2.75) is 39.2 Å². The molecule has 6 heteroatoms. The summed E-state index contributed by atoms with van der Waals surface area (Å²) in [5.74, 6) is 0.896. The second kappa shape index (κ2) is 7.76. The Kier molecular flexibility index (Phi) is 5.46. The molecule has 0 spiro atoms. The molecule has 0 aromatic heterocycles. The minimum absolute atomic E-state index is 0.0172. The smallest absolute Gasteiger partial charge is 0.324 e. The van der Waals surface area contributed by atoms with Crippen LogP contribution in [0.5, 0.6) is 5.75 Å². The first-order valence-corrected chi connectivity index (χ1v) is 9.23. The predicted octanol–water partition coefficient (Wildman–Crippen LogP) is 2.63. The molecule has 0 radical (unpaired) electrons. The summed E-state index contributed by atoms with van der Waals surface area (Å²) in [6, 6.07) is 7.72. The first kappa shape index (κ1) is 17.6. The van der Waals surface area contributed by atoms with Gasteiger partial charge in [0, 0.05) is 25.6 Å². The van der Waals surface area contributed by atoms with Crippen LogP contribution >= 0.6 is 0 Å². The van der Waals surface area contributed by atoms with Crippen molar-refractivity contribution in [2.24, 2.45) is 5.92 Å². The third kappa shape index (κ3) is 3.72. The Balaban J connectivity index is 1.68. The second-order valence-corrected chi connectivity index (χ2v) is 6.66. The lowest BCUT2D eigenvalue weighted by Crippen LogP contribution is -2.52. The topological polar surface area (TPSA) is 61.9 Å². The van der Waals surface area contributed by atoms with E-state index >= 15 is 0 Å². The molecule has 0 bridgehead atoms. The van der Waals surface area contributed by atoms with Crippen LogP contribution in [-0.4, -0.2) is 49.1 Å². The Hall–Kier alpha value is -2.24. The number of urea groups is 1. The van der Waals surface area contributed by atoms with Crippen LogP contribution in [0.15, 0.2) is 24.3 Å². The van der Waals surface area contributed by atoms with Crippen LogP contribution in [0.3, 0.4) is 0 Å². The third-order valence-electron chi connectivity index (χ3n) is 5.01. The lowest BCUT2D eigenvalue weighted by Gasteiger charge is -2.39. The summed E-state index contributed by atoms with van der Waals surface area (Å²) >= 11 is 0. The zero-order valence-corrected chi connectivity index (χ0v) is 15.0. The lowest BCUT2D eigenvalue weighted by molar-refractivity contribution is -0.126. The Morgan fingerprint density at radius 1 is 1.20 bits per heavy atom. The molecule has 136 valence electrons. The molecule has 1 N–H and O–H groups in total. The highest BCUT2D eigenvalue weighted by molar-refractivity contribution is 5.94. The van der Waals surface area contributed by atoms with Gasteiger partial charge in [-0.05, 0) is 38.3 Å². The number of ether oxygens (including phenoxy) is 1. The van der Waals surface area contributed by atoms with E-state index in [0.29, 0.717) is 26.2 Å². The normalized spacial score (nSPS) is 20.6. The van der Waals surface area contributed by atoms with Gasteiger partial charge < -0.3 is 15.0 Å². The number of carbonyl (C=O) groups is 2. The third-order valence-corrected chi connectivity index (χ3v) is 5.01. The summed E-state index contributed by atoms with van der Waals surface area (Å²) in [4.78, 5) is 28.8. The number of benzene rings is 1. The van der Waals surface area contributed by atoms with E-state index in [1.807, 2.05) is 41.0 Å². The fourth-order valence-electron chi connectivity index (χ4n) is 3.51. The van der Waals surface area contributed by atoms with Crippen molar-refractivity contribution in [1.82, 2.24) is 10.2 Å². The van der Waals surface area contributed by atoms with E-state index in [2.05, 4.69) is 12.2 Å². The van der Waals surface area contributed by atoms with E-state index in [1.165, 1.54) is 0 Å². The second-order valence-electron chi connectivity index (χ2n) is 6.66. The molecule has 0 unspecified atom stereocenters. The molecule has 2 heterocycles. The highest BCUT2D eigenvalue weighted by Gasteiger charge is 2.34. The van der Waals surface area contributed by atoms with Crippen LogP contribution in [0.2, 0.25) is 0 Å². The SMILES string of the molecule is CCNC(=O)C1CCN(C(=O)N2C[C@H](CC)Oc3ccccc32)CC1. The van der Waals surface area contributed by atoms with Gasteiger partial charge in [-0.1, -0.05) is 19.1 Å². The number of hydrogen-bond donors (Lipinski definition) is 1. The molecule has 1 atom stereocenters. The molecule has 2 aliphatic heterocycles. The number of amides is 3. The van der Waals surface area contributed by atoms with Crippen molar-refractivity contribution < 1.29 is 14.3 Å². The fraction of sp³-hybridized carbons (Fsp3) is 0.579. The fourth-order valence-corrected chi connectivity index (χ4v) is 3.51. The molecule has 1 aromatic rings. The maximum atomic E-state index is 13.1. The number of piperidine rings is 1. The maximum Gasteiger partial charge on any atom is 0.324 e. The van der Waals surface area contributed by atoms with Crippen molar-refractivity contribution in [3.63, 3.8) is 0 Å². The standard InChI is InChI=1S/C19H27N3O3/c1-3-15-13-22(16-7-5-6-8-17(16)25-15)19(24)21-11-9-14(10-12-21)18(23)20-4-2/h5-8,14-15H,3-4,9-13H2,1-2H3,(H,20,23)/t15-/m0/s1. The average molecular weight is 345 g/mol. The minimum atomic E-state index is 0.0172. The molecule has 6 nitrogen and oxygen atoms in total. The minimum Gasteiger partial charge on any atom is -0.486 e. The predicted molar refractivity (Wildman–Crippen MR) is 96.9 cm³/mol. The number of hydrogen-bond acceptors (Lipinski definition) is 3. The number of para-hydroxylation sites is 2. The summed E-state index contributed by atoms with van der Waals surface area (Å²) in [6.07, 6.45) is 2.32. The number of anilines is 1. The zero-order chi connectivity index (χ0) is 17.8. The summed E-state index contributed by atoms with van der Waals surface area (Å²) in [7, 11) is 0. The number of fused-ring (bicyclic) bond motifs is 1. The van der Waals surface area contributed by atoms with Crippen LogP contribution in [0.25, 0.3) is 0 Å². The van der Waals surface area contributed by atoms with Gasteiger partial charge in [0.1, 0.15) is 11.9 Å². The van der Waals surface area contributed by atoms with Crippen LogP contribution in [-0.2, 0) is 4.79 Å². The molecule has 0 aliphatic carbocycles. The van der Waals surface area contributed by atoms with Crippen molar-refractivity contribution in [3.8, 4) is 5.75 Å². The Labute approximate surface area is 149 Å². The van der Waals surface area contributed by atoms with Gasteiger partial charge in [-0.15, -0.1) is 0 Å². The molecular formula is C19H27N3O3. The number of rotatable bonds is 3. The van der Waals surface area contributed by atoms with Crippen LogP contribution in [0.1, 0.15) is 33.1 Å². The van der Waals surface area contributed by atoms with Crippen molar-refractivity contribution >= 4 is 17.6 Å². The van der Waals surface area contributed by atoms with E-state index < -0.39 is 0 Å². The largest absolute Gasteiger partial charge is 0.486 e. The van der Waals surface area contributed by atoms with Crippen molar-refractivity contribution in [3.05, 3.63) is 24.3 Å². The summed E-state index contributed by atoms with van der Waals surface area (Å²) < 4.78 is 5.96. The van der Waals surface area contributed by atoms with Crippen LogP contribution in [0.4, 0.5) is 10.5 Å². The molecule has 2 aliphatic rings. The van der Waals surface area contributed by atoms with E-state index in [-0.39, 0.29) is 24.0 Å². The maximum absolute atomic E-state index is 13.1. The molecule has 3 rings (SSSR count). The van der Waals surface area contributed by atoms with E-state index in [1.54, 1.807) is 0 Å². The van der Waals surface area contributed by atoms with Crippen LogP contribution < -0.4 is 15.0 Å². The van der Waals surface area contributed by atoms with Gasteiger partial charge in [0.05, 0.1) is 12.2 Å². The summed E-state index contributed by atoms with van der Waals surface area (Å²) in [6.45, 7) is 6.47. The highest BCUT2D eigenvalue weighted by Crippen LogP contribution is 2.34. The van der Waals surface area contributed by atoms with Gasteiger partial charge in [0.2, 0.25) is 5.91 Å². The number of nitrogens with zero attached hydrogens (tertiary/aromatic N) is 2. The van der Waals surface area contributed by atoms with E-state index in [0.717, 1.165) is 30.7 Å². The molecule has 1 fully saturated rings. The Bertz CT molecular complexity index is 626. The monoisotopic (exact) mass is 345 g/mol. The van der Waals surface area contributed by atoms with Crippen molar-refractivity contribution in [2.75, 3.05) is 31.1 Å². The molecule has 0 saturated carbocycles. The highest BCUT2D eigenvalue weighted by atomic mass is 16.5. The first-order chi connectivity index (χ1) is 12.1. The average Bonchev–Trinajstić information content (AvgIpc) is 2.66. The van der Waals surface area contributed by atoms with Gasteiger partial charge in [-0.25, -0.2) is 4.79 Å². The zero-order valence-electron chi connectivity index (χ0n) is 15.0. The van der Waals surface area contributed by atoms with Gasteiger partial charge in [0.15, 0.2) is 0 Å². The van der Waals surface area contributed by atoms with E-state index in [9.17, 15) is 9.59 Å². The summed E-state index contributed by atoms with van der Waals surface area (Å²) in [5.41, 5.74) is 0.836. The van der Waals surface area contributed by atoms with Gasteiger partial charge >= 0.3 is 6.03 Å². The molecule has 1 saturated heterocycles. The quantitative estimate of drug-likeness (QED) is 0.916. The van der Waals surface area contributed by atoms with Gasteiger partial charge in [0.25, 0.3) is 0 Å². The molecule has 3 amide bonds. The van der Waals surface area contributed by atoms with Crippen LogP contribution in [0, 0.1) is 5.92 Å². The molecular weight excluding hydrogens is 318 g/mol. The molecule has 25 heavy (non-hydrogen) atoms. The van der Waals surface area contributed by atoms with Crippen molar-refractivity contribution in [1.29, 1.82) is 0 Å². The number of nitrogens with one attached hydrogen (secondary N) is 1. The summed E-state index contributed by atoms with van der Waals surface area (Å²) in [5, 5.41) is 2.88. The lowest BCUT2D eigenvalue weighted by atomic mass is 9.96. The number of likely N-dealkylation sites (tertiary alicyclic amines) is 1. The van der Waals surface area contributed by atoms with E-state index in [4.69, 9.17) is 4.74 Å². The number of carbonyl (C=O) groups excluding carboxylic acids is 2. The van der Waals surface area contributed by atoms with Gasteiger partial charge in [-0.3, -0.25) is 9.69 Å². The Morgan fingerprint density at radius 3 is 2.60 bits per heavy atom. The first-order valence-electron chi connectivity index (χ1n) is 9.23.